The smallest absolute Gasteiger partial charge is 0.356 e. The Bertz CT molecular complexity index is 1440. The maximum atomic E-state index is 13.5. The molecule has 0 aliphatic rings. The molecule has 0 aliphatic heterocycles. The molecule has 3 aromatic rings. The van der Waals surface area contributed by atoms with E-state index in [1.165, 1.54) is 49.4 Å². The first kappa shape index (κ1) is 27.8. The van der Waals surface area contributed by atoms with Crippen LogP contribution in [0, 0.1) is 18.7 Å². The molecule has 1 aromatic heterocycles. The number of anilines is 1. The molecule has 3 rings (SSSR count). The minimum atomic E-state index is -4.17. The summed E-state index contributed by atoms with van der Waals surface area (Å²) >= 11 is 0. The molecule has 1 amide bonds. The molecule has 10 nitrogen and oxygen atoms in total. The summed E-state index contributed by atoms with van der Waals surface area (Å²) < 4.78 is 49.9. The quantitative estimate of drug-likeness (QED) is 0.389. The number of aromatic carboxylic acids is 1. The number of rotatable bonds is 8. The van der Waals surface area contributed by atoms with Crippen LogP contribution in [0.2, 0.25) is 0 Å². The Morgan fingerprint density at radius 1 is 1.11 bits per heavy atom. The van der Waals surface area contributed by atoms with Gasteiger partial charge in [-0.05, 0) is 70.2 Å². The number of carboxylic acid groups (broad SMARTS) is 1. The van der Waals surface area contributed by atoms with Crippen molar-refractivity contribution in [2.45, 2.75) is 52.0 Å². The number of carbonyl (C=O) groups is 2. The summed E-state index contributed by atoms with van der Waals surface area (Å²) in [6, 6.07) is 9.19. The van der Waals surface area contributed by atoms with Gasteiger partial charge in [-0.15, -0.1) is 0 Å². The second-order valence-corrected chi connectivity index (χ2v) is 11.4. The van der Waals surface area contributed by atoms with Gasteiger partial charge in [-0.1, -0.05) is 13.8 Å². The van der Waals surface area contributed by atoms with Crippen LogP contribution in [0.25, 0.3) is 5.69 Å². The van der Waals surface area contributed by atoms with Gasteiger partial charge in [0.2, 0.25) is 21.8 Å². The van der Waals surface area contributed by atoms with Gasteiger partial charge in [0.15, 0.2) is 5.69 Å². The molecule has 0 spiro atoms. The molecule has 12 heteroatoms. The van der Waals surface area contributed by atoms with Crippen LogP contribution >= 0.6 is 0 Å². The second-order valence-electron chi connectivity index (χ2n) is 9.74. The molecule has 2 aromatic carbocycles. The minimum Gasteiger partial charge on any atom is -0.476 e. The fourth-order valence-corrected chi connectivity index (χ4v) is 4.86. The molecule has 0 saturated carbocycles. The molecule has 37 heavy (non-hydrogen) atoms. The third-order valence-corrected chi connectivity index (χ3v) is 6.79. The third-order valence-electron chi connectivity index (χ3n) is 5.01. The van der Waals surface area contributed by atoms with E-state index in [2.05, 4.69) is 15.1 Å². The number of nitrogens with zero attached hydrogens (tertiary/aromatic N) is 2. The fraction of sp³-hybridized carbons (Fsp3) is 0.320. The first-order valence-corrected chi connectivity index (χ1v) is 12.8. The monoisotopic (exact) mass is 532 g/mol. The summed E-state index contributed by atoms with van der Waals surface area (Å²) in [7, 11) is -4.17. The van der Waals surface area contributed by atoms with E-state index in [9.17, 15) is 27.5 Å². The average Bonchev–Trinajstić information content (AvgIpc) is 3.10. The number of ether oxygens (including phenoxy) is 1. The lowest BCUT2D eigenvalue weighted by Gasteiger charge is -2.22. The van der Waals surface area contributed by atoms with Crippen molar-refractivity contribution in [2.75, 3.05) is 5.32 Å². The molecule has 0 fully saturated rings. The summed E-state index contributed by atoms with van der Waals surface area (Å²) in [5.41, 5.74) is -0.505. The van der Waals surface area contributed by atoms with E-state index in [-0.39, 0.29) is 45.3 Å². The molecule has 3 N–H and O–H groups in total. The van der Waals surface area contributed by atoms with E-state index in [1.54, 1.807) is 34.6 Å². The zero-order chi connectivity index (χ0) is 27.7. The Balaban J connectivity index is 2.19. The predicted octanol–water partition coefficient (Wildman–Crippen LogP) is 4.48. The summed E-state index contributed by atoms with van der Waals surface area (Å²) in [5.74, 6) is -2.69. The maximum absolute atomic E-state index is 13.5. The zero-order valence-electron chi connectivity index (χ0n) is 21.3. The Labute approximate surface area is 214 Å². The molecule has 0 bridgehead atoms. The number of carbonyl (C=O) groups excluding carboxylic acids is 1. The van der Waals surface area contributed by atoms with Gasteiger partial charge in [0.1, 0.15) is 16.5 Å². The Morgan fingerprint density at radius 2 is 1.73 bits per heavy atom. The highest BCUT2D eigenvalue weighted by Crippen LogP contribution is 2.35. The number of hydrogen-bond acceptors (Lipinski definition) is 6. The van der Waals surface area contributed by atoms with Crippen molar-refractivity contribution < 1.29 is 32.2 Å². The van der Waals surface area contributed by atoms with Gasteiger partial charge in [0, 0.05) is 22.7 Å². The third kappa shape index (κ3) is 6.52. The number of aromatic nitrogens is 2. The van der Waals surface area contributed by atoms with Gasteiger partial charge >= 0.3 is 5.97 Å². The van der Waals surface area contributed by atoms with E-state index in [4.69, 9.17) is 4.74 Å². The SMILES string of the molecule is Cc1c(C(=O)O)nn(-c2ccc(F)cc2)c1Oc1ccc(NC(=O)C(C)C)cc1S(=O)(=O)NC(C)(C)C. The number of hydrogen-bond donors (Lipinski definition) is 3. The van der Waals surface area contributed by atoms with Crippen LogP contribution in [-0.4, -0.2) is 40.7 Å². The normalized spacial score (nSPS) is 12.0. The highest BCUT2D eigenvalue weighted by Gasteiger charge is 2.29. The van der Waals surface area contributed by atoms with Crippen LogP contribution in [-0.2, 0) is 14.8 Å². The van der Waals surface area contributed by atoms with Gasteiger partial charge in [0.05, 0.1) is 5.69 Å². The van der Waals surface area contributed by atoms with Crippen molar-refractivity contribution in [2.24, 2.45) is 5.92 Å². The Hall–Kier alpha value is -3.77. The van der Waals surface area contributed by atoms with Crippen LogP contribution < -0.4 is 14.8 Å². The second kappa shape index (κ2) is 10.3. The number of sulfonamides is 1. The summed E-state index contributed by atoms with van der Waals surface area (Å²) in [4.78, 5) is 23.7. The highest BCUT2D eigenvalue weighted by atomic mass is 32.2. The molecule has 0 atom stereocenters. The largest absolute Gasteiger partial charge is 0.476 e. The molecule has 0 aliphatic carbocycles. The van der Waals surface area contributed by atoms with Crippen molar-refractivity contribution in [3.05, 3.63) is 59.5 Å². The van der Waals surface area contributed by atoms with Gasteiger partial charge in [-0.25, -0.2) is 22.3 Å². The van der Waals surface area contributed by atoms with Crippen molar-refractivity contribution in [1.29, 1.82) is 0 Å². The van der Waals surface area contributed by atoms with E-state index >= 15 is 0 Å². The van der Waals surface area contributed by atoms with E-state index in [0.29, 0.717) is 5.69 Å². The van der Waals surface area contributed by atoms with Gasteiger partial charge in [0.25, 0.3) is 0 Å². The lowest BCUT2D eigenvalue weighted by Crippen LogP contribution is -2.40. The molecule has 0 radical (unpaired) electrons. The predicted molar refractivity (Wildman–Crippen MR) is 135 cm³/mol. The summed E-state index contributed by atoms with van der Waals surface area (Å²) in [6.07, 6.45) is 0. The summed E-state index contributed by atoms with van der Waals surface area (Å²) in [5, 5.41) is 16.3. The molecule has 0 saturated heterocycles. The number of carboxylic acids is 1. The summed E-state index contributed by atoms with van der Waals surface area (Å²) in [6.45, 7) is 9.87. The number of nitrogens with one attached hydrogen (secondary N) is 2. The molecule has 1 heterocycles. The van der Waals surface area contributed by atoms with Crippen molar-refractivity contribution in [3.8, 4) is 17.3 Å². The van der Waals surface area contributed by atoms with Crippen LogP contribution in [0.4, 0.5) is 10.1 Å². The number of halogens is 1. The molecule has 198 valence electrons. The van der Waals surface area contributed by atoms with Crippen LogP contribution in [0.3, 0.4) is 0 Å². The van der Waals surface area contributed by atoms with Gasteiger partial charge < -0.3 is 15.2 Å². The topological polar surface area (TPSA) is 140 Å². The Kier molecular flexibility index (Phi) is 7.75. The van der Waals surface area contributed by atoms with Gasteiger partial charge in [-0.3, -0.25) is 4.79 Å². The molecular formula is C25H29FN4O6S. The first-order valence-electron chi connectivity index (χ1n) is 11.3. The zero-order valence-corrected chi connectivity index (χ0v) is 22.1. The lowest BCUT2D eigenvalue weighted by atomic mass is 10.1. The van der Waals surface area contributed by atoms with E-state index < -0.39 is 27.3 Å². The standard InChI is InChI=1S/C25H29FN4O6S/c1-14(2)22(31)27-17-9-12-19(20(13-17)37(34,35)29-25(4,5)6)36-23-15(3)21(24(32)33)28-30(23)18-10-7-16(26)8-11-18/h7-14,29H,1-6H3,(H,27,31)(H,32,33). The fourth-order valence-electron chi connectivity index (χ4n) is 3.29. The lowest BCUT2D eigenvalue weighted by molar-refractivity contribution is -0.118. The number of benzene rings is 2. The van der Waals surface area contributed by atoms with Gasteiger partial charge in [-0.2, -0.15) is 9.78 Å². The number of amides is 1. The highest BCUT2D eigenvalue weighted by molar-refractivity contribution is 7.89. The van der Waals surface area contributed by atoms with E-state index in [0.717, 1.165) is 4.68 Å². The molecular weight excluding hydrogens is 503 g/mol. The van der Waals surface area contributed by atoms with Crippen molar-refractivity contribution in [1.82, 2.24) is 14.5 Å². The van der Waals surface area contributed by atoms with Crippen LogP contribution in [0.1, 0.15) is 50.7 Å². The van der Waals surface area contributed by atoms with Crippen molar-refractivity contribution >= 4 is 27.6 Å². The van der Waals surface area contributed by atoms with Crippen molar-refractivity contribution in [3.63, 3.8) is 0 Å². The van der Waals surface area contributed by atoms with E-state index in [1.807, 2.05) is 0 Å². The van der Waals surface area contributed by atoms with Crippen LogP contribution in [0.5, 0.6) is 11.6 Å². The minimum absolute atomic E-state index is 0.0739. The first-order chi connectivity index (χ1) is 17.1. The average molecular weight is 533 g/mol. The Morgan fingerprint density at radius 3 is 2.27 bits per heavy atom. The maximum Gasteiger partial charge on any atom is 0.356 e. The van der Waals surface area contributed by atoms with Crippen LogP contribution in [0.15, 0.2) is 47.4 Å². The molecule has 0 unspecified atom stereocenters.